The first-order valence-electron chi connectivity index (χ1n) is 6.53. The van der Waals surface area contributed by atoms with E-state index in [2.05, 4.69) is 26.9 Å². The van der Waals surface area contributed by atoms with Gasteiger partial charge in [0, 0.05) is 15.1 Å². The van der Waals surface area contributed by atoms with E-state index in [1.54, 1.807) is 0 Å². The van der Waals surface area contributed by atoms with Crippen LogP contribution in [-0.4, -0.2) is 16.0 Å². The average Bonchev–Trinajstić information content (AvgIpc) is 2.83. The van der Waals surface area contributed by atoms with Gasteiger partial charge in [-0.05, 0) is 43.2 Å². The Balaban J connectivity index is 2.23. The molecule has 0 N–H and O–H groups in total. The van der Waals surface area contributed by atoms with E-state index in [0.717, 1.165) is 21.4 Å². The minimum Gasteiger partial charge on any atom is -0.245 e. The van der Waals surface area contributed by atoms with Crippen LogP contribution in [0.1, 0.15) is 13.3 Å². The topological polar surface area (TPSA) is 29.4 Å². The van der Waals surface area contributed by atoms with Crippen LogP contribution < -0.4 is 0 Å². The Labute approximate surface area is 129 Å². The van der Waals surface area contributed by atoms with E-state index in [1.807, 2.05) is 55.5 Å². The van der Waals surface area contributed by atoms with Crippen molar-refractivity contribution in [2.75, 3.05) is 5.75 Å². The third-order valence-electron chi connectivity index (χ3n) is 3.19. The lowest BCUT2D eigenvalue weighted by Gasteiger charge is -2.05. The third-order valence-corrected chi connectivity index (χ3v) is 6.11. The molecule has 0 amide bonds. The number of hydrogen-bond donors (Lipinski definition) is 0. The van der Waals surface area contributed by atoms with E-state index in [4.69, 9.17) is 0 Å². The minimum absolute atomic E-state index is 0.0346. The first kappa shape index (κ1) is 15.3. The number of halogens is 1. The molecule has 4 heteroatoms. The van der Waals surface area contributed by atoms with Crippen LogP contribution in [0.2, 0.25) is 0 Å². The van der Waals surface area contributed by atoms with Gasteiger partial charge in [0.2, 0.25) is 0 Å². The zero-order valence-electron chi connectivity index (χ0n) is 11.5. The van der Waals surface area contributed by atoms with E-state index >= 15 is 0 Å². The lowest BCUT2D eigenvalue weighted by atomic mass is 10.1. The molecule has 2 atom stereocenters. The van der Waals surface area contributed by atoms with Gasteiger partial charge in [-0.2, -0.15) is 0 Å². The second-order valence-corrected chi connectivity index (χ2v) is 7.96. The molecular formula is C16H18BrNOS. The summed E-state index contributed by atoms with van der Waals surface area (Å²) in [5.74, 6) is 0.607. The fourth-order valence-corrected chi connectivity index (χ4v) is 4.55. The van der Waals surface area contributed by atoms with Gasteiger partial charge < -0.3 is 0 Å². The summed E-state index contributed by atoms with van der Waals surface area (Å²) in [5.41, 5.74) is 0.922. The summed E-state index contributed by atoms with van der Waals surface area (Å²) in [6.45, 7) is 6.00. The van der Waals surface area contributed by atoms with Crippen LogP contribution in [0.25, 0.3) is 0 Å². The third kappa shape index (κ3) is 3.49. The molecule has 106 valence electrons. The molecule has 0 spiro atoms. The molecule has 1 heterocycles. The molecule has 0 aromatic heterocycles. The van der Waals surface area contributed by atoms with E-state index in [9.17, 15) is 4.21 Å². The Bertz CT molecular complexity index is 664. The van der Waals surface area contributed by atoms with Gasteiger partial charge in [0.05, 0.1) is 15.8 Å². The standard InChI is InChI=1S/C16H18BrNOS/c1-3-4-5-6-13(2)16-11-12-20(19,18-16)15-9-7-14(17)8-10-15/h3-10,16H,2,11-12H2,1H3/b4-3-,6-5-/t16-,20?/m1/s1. The van der Waals surface area contributed by atoms with Crippen molar-refractivity contribution in [2.45, 2.75) is 24.3 Å². The van der Waals surface area contributed by atoms with Crippen LogP contribution in [0.3, 0.4) is 0 Å². The Kier molecular flexibility index (Phi) is 5.00. The maximum atomic E-state index is 12.9. The molecule has 0 saturated carbocycles. The Morgan fingerprint density at radius 2 is 2.10 bits per heavy atom. The second-order valence-electron chi connectivity index (χ2n) is 4.67. The van der Waals surface area contributed by atoms with Crippen LogP contribution in [0.4, 0.5) is 0 Å². The van der Waals surface area contributed by atoms with Gasteiger partial charge in [-0.15, -0.1) is 0 Å². The van der Waals surface area contributed by atoms with Gasteiger partial charge in [-0.3, -0.25) is 0 Å². The number of rotatable bonds is 4. The minimum atomic E-state index is -2.28. The number of benzene rings is 1. The van der Waals surface area contributed by atoms with Gasteiger partial charge >= 0.3 is 0 Å². The molecule has 0 aliphatic carbocycles. The molecule has 0 fully saturated rings. The van der Waals surface area contributed by atoms with Gasteiger partial charge in [0.25, 0.3) is 0 Å². The highest BCUT2D eigenvalue weighted by Gasteiger charge is 2.25. The lowest BCUT2D eigenvalue weighted by Crippen LogP contribution is -2.01. The fraction of sp³-hybridized carbons (Fsp3) is 0.250. The van der Waals surface area contributed by atoms with E-state index < -0.39 is 9.73 Å². The summed E-state index contributed by atoms with van der Waals surface area (Å²) in [6, 6.07) is 7.55. The monoisotopic (exact) mass is 351 g/mol. The van der Waals surface area contributed by atoms with Crippen LogP contribution >= 0.6 is 15.9 Å². The van der Waals surface area contributed by atoms with E-state index in [0.29, 0.717) is 5.75 Å². The van der Waals surface area contributed by atoms with Gasteiger partial charge in [0.15, 0.2) is 0 Å². The van der Waals surface area contributed by atoms with Crippen molar-refractivity contribution in [1.29, 1.82) is 0 Å². The Hall–Kier alpha value is -1.13. The molecule has 0 saturated heterocycles. The zero-order chi connectivity index (χ0) is 14.6. The molecular weight excluding hydrogens is 334 g/mol. The lowest BCUT2D eigenvalue weighted by molar-refractivity contribution is 0.679. The molecule has 2 rings (SSSR count). The average molecular weight is 352 g/mol. The van der Waals surface area contributed by atoms with Crippen LogP contribution in [0.15, 0.2) is 74.5 Å². The van der Waals surface area contributed by atoms with E-state index in [-0.39, 0.29) is 6.04 Å². The smallest absolute Gasteiger partial charge is 0.0850 e. The first-order chi connectivity index (χ1) is 9.55. The maximum absolute atomic E-state index is 12.9. The number of hydrogen-bond acceptors (Lipinski definition) is 2. The van der Waals surface area contributed by atoms with Crippen molar-refractivity contribution < 1.29 is 4.21 Å². The highest BCUT2D eigenvalue weighted by atomic mass is 79.9. The maximum Gasteiger partial charge on any atom is 0.0850 e. The van der Waals surface area contributed by atoms with Crippen molar-refractivity contribution in [3.63, 3.8) is 0 Å². The molecule has 0 radical (unpaired) electrons. The summed E-state index contributed by atoms with van der Waals surface area (Å²) < 4.78 is 18.4. The largest absolute Gasteiger partial charge is 0.245 e. The van der Waals surface area contributed by atoms with Crippen molar-refractivity contribution in [3.8, 4) is 0 Å². The molecule has 20 heavy (non-hydrogen) atoms. The van der Waals surface area contributed by atoms with Crippen LogP contribution in [0.5, 0.6) is 0 Å². The SMILES string of the molecule is C=C(/C=C\C=C/C)[C@H]1CCS(=O)(c2ccc(Br)cc2)=N1. The highest BCUT2D eigenvalue weighted by Crippen LogP contribution is 2.28. The highest BCUT2D eigenvalue weighted by molar-refractivity contribution is 9.10. The summed E-state index contributed by atoms with van der Waals surface area (Å²) in [5, 5.41) is 0. The van der Waals surface area contributed by atoms with E-state index in [1.165, 1.54) is 0 Å². The second kappa shape index (κ2) is 6.55. The molecule has 1 aromatic rings. The molecule has 1 aromatic carbocycles. The normalized spacial score (nSPS) is 26.2. The summed E-state index contributed by atoms with van der Waals surface area (Å²) in [7, 11) is -2.28. The summed E-state index contributed by atoms with van der Waals surface area (Å²) >= 11 is 3.39. The zero-order valence-corrected chi connectivity index (χ0v) is 13.9. The van der Waals surface area contributed by atoms with Gasteiger partial charge in [-0.1, -0.05) is 46.8 Å². The quantitative estimate of drug-likeness (QED) is 0.720. The van der Waals surface area contributed by atoms with Crippen molar-refractivity contribution in [3.05, 3.63) is 65.2 Å². The molecule has 1 aliphatic heterocycles. The molecule has 2 nitrogen and oxygen atoms in total. The van der Waals surface area contributed by atoms with Gasteiger partial charge in [-0.25, -0.2) is 8.57 Å². The summed E-state index contributed by atoms with van der Waals surface area (Å²) in [4.78, 5) is 0.813. The first-order valence-corrected chi connectivity index (χ1v) is 9.00. The van der Waals surface area contributed by atoms with Crippen molar-refractivity contribution in [1.82, 2.24) is 0 Å². The Morgan fingerprint density at radius 1 is 1.40 bits per heavy atom. The number of allylic oxidation sites excluding steroid dienone is 3. The Morgan fingerprint density at radius 3 is 2.75 bits per heavy atom. The predicted octanol–water partition coefficient (Wildman–Crippen LogP) is 4.74. The van der Waals surface area contributed by atoms with Crippen molar-refractivity contribution >= 4 is 25.7 Å². The van der Waals surface area contributed by atoms with Crippen molar-refractivity contribution in [2.24, 2.45) is 4.36 Å². The number of nitrogens with zero attached hydrogens (tertiary/aromatic N) is 1. The molecule has 1 aliphatic rings. The summed E-state index contributed by atoms with van der Waals surface area (Å²) in [6.07, 6.45) is 8.60. The fourth-order valence-electron chi connectivity index (χ4n) is 2.06. The van der Waals surface area contributed by atoms with Gasteiger partial charge in [0.1, 0.15) is 0 Å². The van der Waals surface area contributed by atoms with Crippen LogP contribution in [0, 0.1) is 0 Å². The van der Waals surface area contributed by atoms with Crippen LogP contribution in [-0.2, 0) is 9.73 Å². The molecule has 1 unspecified atom stereocenters. The molecule has 0 bridgehead atoms. The predicted molar refractivity (Wildman–Crippen MR) is 89.3 cm³/mol.